The summed E-state index contributed by atoms with van der Waals surface area (Å²) in [5, 5.41) is 10.3. The molecule has 0 atom stereocenters. The average molecular weight is 312 g/mol. The molecule has 2 aromatic carbocycles. The number of aromatic hydroxyl groups is 1. The van der Waals surface area contributed by atoms with Gasteiger partial charge in [0.15, 0.2) is 0 Å². The number of benzene rings is 2. The number of anilines is 1. The van der Waals surface area contributed by atoms with Gasteiger partial charge in [0.05, 0.1) is 10.6 Å². The summed E-state index contributed by atoms with van der Waals surface area (Å²) in [5.41, 5.74) is 1.19. The first-order chi connectivity index (χ1) is 9.31. The summed E-state index contributed by atoms with van der Waals surface area (Å²) in [6.45, 7) is 3.35. The Hall–Kier alpha value is -1.72. The first kappa shape index (κ1) is 14.7. The number of nitrogens with one attached hydrogen (secondary N) is 1. The van der Waals surface area contributed by atoms with Gasteiger partial charge in [0.25, 0.3) is 10.0 Å². The van der Waals surface area contributed by atoms with Crippen LogP contribution in [0.15, 0.2) is 41.3 Å². The fourth-order valence-corrected chi connectivity index (χ4v) is 3.45. The van der Waals surface area contributed by atoms with E-state index in [1.54, 1.807) is 38.1 Å². The molecule has 0 unspecified atom stereocenters. The molecule has 4 nitrogen and oxygen atoms in total. The van der Waals surface area contributed by atoms with Crippen LogP contribution >= 0.6 is 11.6 Å². The highest BCUT2D eigenvalue weighted by Gasteiger charge is 2.19. The smallest absolute Gasteiger partial charge is 0.262 e. The van der Waals surface area contributed by atoms with Crippen molar-refractivity contribution in [2.75, 3.05) is 4.72 Å². The fraction of sp³-hybridized carbons (Fsp3) is 0.143. The second-order valence-corrected chi connectivity index (χ2v) is 6.58. The van der Waals surface area contributed by atoms with E-state index in [9.17, 15) is 13.5 Å². The minimum atomic E-state index is -3.77. The fourth-order valence-electron chi connectivity index (χ4n) is 1.87. The van der Waals surface area contributed by atoms with Crippen molar-refractivity contribution in [1.82, 2.24) is 0 Å². The van der Waals surface area contributed by atoms with E-state index >= 15 is 0 Å². The van der Waals surface area contributed by atoms with Crippen molar-refractivity contribution in [2.45, 2.75) is 18.7 Å². The zero-order valence-electron chi connectivity index (χ0n) is 11.0. The molecular formula is C14H14ClNO3S. The zero-order valence-corrected chi connectivity index (χ0v) is 12.6. The highest BCUT2D eigenvalue weighted by molar-refractivity contribution is 7.92. The topological polar surface area (TPSA) is 66.4 Å². The van der Waals surface area contributed by atoms with Gasteiger partial charge in [-0.25, -0.2) is 8.42 Å². The van der Waals surface area contributed by atoms with Gasteiger partial charge < -0.3 is 5.11 Å². The van der Waals surface area contributed by atoms with E-state index in [-0.39, 0.29) is 16.3 Å². The standard InChI is InChI=1S/C14H14ClNO3S/c1-9-5-3-4-6-13(9)20(18,19)16-12-8-11(15)7-10(2)14(12)17/h3-8,16-17H,1-2H3. The van der Waals surface area contributed by atoms with Crippen molar-refractivity contribution in [3.05, 3.63) is 52.5 Å². The summed E-state index contributed by atoms with van der Waals surface area (Å²) < 4.78 is 27.0. The maximum atomic E-state index is 12.3. The van der Waals surface area contributed by atoms with E-state index in [4.69, 9.17) is 11.6 Å². The van der Waals surface area contributed by atoms with Crippen LogP contribution in [-0.4, -0.2) is 13.5 Å². The molecule has 20 heavy (non-hydrogen) atoms. The van der Waals surface area contributed by atoms with E-state index in [1.807, 2.05) is 0 Å². The molecule has 2 N–H and O–H groups in total. The molecule has 0 aliphatic rings. The quantitative estimate of drug-likeness (QED) is 0.853. The number of phenolic OH excluding ortho intramolecular Hbond substituents is 1. The first-order valence-electron chi connectivity index (χ1n) is 5.89. The van der Waals surface area contributed by atoms with E-state index in [1.165, 1.54) is 12.1 Å². The van der Waals surface area contributed by atoms with Crippen LogP contribution in [0, 0.1) is 13.8 Å². The second-order valence-electron chi connectivity index (χ2n) is 4.49. The van der Waals surface area contributed by atoms with Crippen LogP contribution in [0.4, 0.5) is 5.69 Å². The van der Waals surface area contributed by atoms with Gasteiger partial charge in [0.2, 0.25) is 0 Å². The van der Waals surface area contributed by atoms with Crippen molar-refractivity contribution in [1.29, 1.82) is 0 Å². The molecule has 6 heteroatoms. The lowest BCUT2D eigenvalue weighted by Gasteiger charge is -2.13. The lowest BCUT2D eigenvalue weighted by molar-refractivity contribution is 0.473. The Bertz CT molecular complexity index is 757. The number of rotatable bonds is 3. The van der Waals surface area contributed by atoms with Gasteiger partial charge in [-0.2, -0.15) is 0 Å². The van der Waals surface area contributed by atoms with Crippen LogP contribution in [0.2, 0.25) is 5.02 Å². The molecule has 0 aliphatic heterocycles. The molecule has 106 valence electrons. The van der Waals surface area contributed by atoms with Crippen molar-refractivity contribution in [3.63, 3.8) is 0 Å². The number of halogens is 1. The SMILES string of the molecule is Cc1ccccc1S(=O)(=O)Nc1cc(Cl)cc(C)c1O. The maximum Gasteiger partial charge on any atom is 0.262 e. The average Bonchev–Trinajstić information content (AvgIpc) is 2.35. The Morgan fingerprint density at radius 1 is 1.10 bits per heavy atom. The predicted octanol–water partition coefficient (Wildman–Crippen LogP) is 3.46. The van der Waals surface area contributed by atoms with Gasteiger partial charge in [-0.3, -0.25) is 4.72 Å². The Kier molecular flexibility index (Phi) is 3.92. The highest BCUT2D eigenvalue weighted by atomic mass is 35.5. The van der Waals surface area contributed by atoms with E-state index in [0.29, 0.717) is 16.1 Å². The second kappa shape index (κ2) is 5.34. The molecule has 0 bridgehead atoms. The molecule has 2 rings (SSSR count). The Labute approximate surface area is 123 Å². The lowest BCUT2D eigenvalue weighted by Crippen LogP contribution is -2.14. The summed E-state index contributed by atoms with van der Waals surface area (Å²) in [5.74, 6) is -0.133. The van der Waals surface area contributed by atoms with Gasteiger partial charge >= 0.3 is 0 Å². The van der Waals surface area contributed by atoms with Gasteiger partial charge in [-0.1, -0.05) is 29.8 Å². The highest BCUT2D eigenvalue weighted by Crippen LogP contribution is 2.32. The van der Waals surface area contributed by atoms with Crippen LogP contribution < -0.4 is 4.72 Å². The third-order valence-corrected chi connectivity index (χ3v) is 4.64. The Balaban J connectivity index is 2.47. The normalized spacial score (nSPS) is 11.3. The Morgan fingerprint density at radius 2 is 1.75 bits per heavy atom. The van der Waals surface area contributed by atoms with E-state index < -0.39 is 10.0 Å². The number of aryl methyl sites for hydroxylation is 2. The molecule has 0 saturated carbocycles. The number of sulfonamides is 1. The number of hydrogen-bond donors (Lipinski definition) is 2. The van der Waals surface area contributed by atoms with E-state index in [0.717, 1.165) is 0 Å². The van der Waals surface area contributed by atoms with Crippen LogP contribution in [0.1, 0.15) is 11.1 Å². The molecule has 0 saturated heterocycles. The molecule has 0 aromatic heterocycles. The molecule has 2 aromatic rings. The van der Waals surface area contributed by atoms with E-state index in [2.05, 4.69) is 4.72 Å². The monoisotopic (exact) mass is 311 g/mol. The van der Waals surface area contributed by atoms with Crippen LogP contribution in [-0.2, 0) is 10.0 Å². The minimum absolute atomic E-state index is 0.0678. The molecule has 0 fully saturated rings. The van der Waals surface area contributed by atoms with Crippen molar-refractivity contribution >= 4 is 27.3 Å². The summed E-state index contributed by atoms with van der Waals surface area (Å²) in [4.78, 5) is 0.164. The number of hydrogen-bond acceptors (Lipinski definition) is 3. The van der Waals surface area contributed by atoms with Gasteiger partial charge in [-0.05, 0) is 43.2 Å². The Morgan fingerprint density at radius 3 is 2.40 bits per heavy atom. The molecule has 0 aliphatic carbocycles. The van der Waals surface area contributed by atoms with Crippen LogP contribution in [0.3, 0.4) is 0 Å². The third-order valence-electron chi connectivity index (χ3n) is 2.89. The first-order valence-corrected chi connectivity index (χ1v) is 7.75. The van der Waals surface area contributed by atoms with Crippen LogP contribution in [0.25, 0.3) is 0 Å². The molecule has 0 heterocycles. The largest absolute Gasteiger partial charge is 0.505 e. The van der Waals surface area contributed by atoms with Crippen molar-refractivity contribution in [3.8, 4) is 5.75 Å². The minimum Gasteiger partial charge on any atom is -0.505 e. The van der Waals surface area contributed by atoms with Gasteiger partial charge in [0, 0.05) is 5.02 Å². The van der Waals surface area contributed by atoms with Crippen LogP contribution in [0.5, 0.6) is 5.75 Å². The summed E-state index contributed by atoms with van der Waals surface area (Å²) in [6.07, 6.45) is 0. The summed E-state index contributed by atoms with van der Waals surface area (Å²) in [6, 6.07) is 9.55. The summed E-state index contributed by atoms with van der Waals surface area (Å²) >= 11 is 5.88. The number of phenols is 1. The predicted molar refractivity (Wildman–Crippen MR) is 79.8 cm³/mol. The summed E-state index contributed by atoms with van der Waals surface area (Å²) in [7, 11) is -3.77. The molecule has 0 spiro atoms. The molecular weight excluding hydrogens is 298 g/mol. The van der Waals surface area contributed by atoms with Gasteiger partial charge in [-0.15, -0.1) is 0 Å². The maximum absolute atomic E-state index is 12.3. The van der Waals surface area contributed by atoms with Gasteiger partial charge in [0.1, 0.15) is 5.75 Å². The molecule has 0 radical (unpaired) electrons. The third kappa shape index (κ3) is 2.89. The zero-order chi connectivity index (χ0) is 14.9. The van der Waals surface area contributed by atoms with Crippen molar-refractivity contribution in [2.24, 2.45) is 0 Å². The lowest BCUT2D eigenvalue weighted by atomic mass is 10.2. The molecule has 0 amide bonds. The van der Waals surface area contributed by atoms with Crippen molar-refractivity contribution < 1.29 is 13.5 Å².